The highest BCUT2D eigenvalue weighted by atomic mass is 16.2. The normalized spacial score (nSPS) is 10.6. The van der Waals surface area contributed by atoms with Gasteiger partial charge in [0.05, 0.1) is 0 Å². The molecular formula is C15H18N2O. The molecule has 0 saturated heterocycles. The third-order valence-electron chi connectivity index (χ3n) is 2.92. The van der Waals surface area contributed by atoms with Crippen molar-refractivity contribution in [1.82, 2.24) is 9.97 Å². The molecule has 0 aliphatic carbocycles. The second-order valence-electron chi connectivity index (χ2n) is 4.30. The van der Waals surface area contributed by atoms with E-state index in [-0.39, 0.29) is 6.61 Å². The summed E-state index contributed by atoms with van der Waals surface area (Å²) in [6.07, 6.45) is 6.39. The van der Waals surface area contributed by atoms with Crippen molar-refractivity contribution in [2.75, 3.05) is 6.61 Å². The van der Waals surface area contributed by atoms with Crippen LogP contribution in [0.3, 0.4) is 0 Å². The predicted octanol–water partition coefficient (Wildman–Crippen LogP) is 2.63. The molecule has 0 radical (unpaired) electrons. The molecule has 94 valence electrons. The molecule has 1 N–H and O–H groups in total. The molecule has 3 nitrogen and oxygen atoms in total. The molecule has 1 aromatic carbocycles. The highest BCUT2D eigenvalue weighted by Gasteiger charge is 2.02. The van der Waals surface area contributed by atoms with E-state index in [1.165, 1.54) is 5.56 Å². The van der Waals surface area contributed by atoms with Crippen LogP contribution < -0.4 is 0 Å². The summed E-state index contributed by atoms with van der Waals surface area (Å²) in [6.45, 7) is 2.32. The first-order chi connectivity index (χ1) is 8.83. The van der Waals surface area contributed by atoms with Crippen molar-refractivity contribution in [3.8, 4) is 11.4 Å². The van der Waals surface area contributed by atoms with E-state index in [0.717, 1.165) is 36.2 Å². The Labute approximate surface area is 108 Å². The lowest BCUT2D eigenvalue weighted by Gasteiger charge is -2.04. The van der Waals surface area contributed by atoms with Crippen LogP contribution in [0.1, 0.15) is 24.5 Å². The number of aliphatic hydroxyl groups excluding tert-OH is 1. The second-order valence-corrected chi connectivity index (χ2v) is 4.30. The molecule has 2 aromatic rings. The van der Waals surface area contributed by atoms with Gasteiger partial charge < -0.3 is 5.11 Å². The molecule has 1 aromatic heterocycles. The maximum atomic E-state index is 8.85. The highest BCUT2D eigenvalue weighted by Crippen LogP contribution is 2.17. The van der Waals surface area contributed by atoms with Gasteiger partial charge in [0.1, 0.15) is 0 Å². The zero-order valence-corrected chi connectivity index (χ0v) is 10.6. The van der Waals surface area contributed by atoms with Crippen molar-refractivity contribution in [1.29, 1.82) is 0 Å². The van der Waals surface area contributed by atoms with Gasteiger partial charge in [0.25, 0.3) is 0 Å². The number of hydrogen-bond acceptors (Lipinski definition) is 3. The Morgan fingerprint density at radius 2 is 1.89 bits per heavy atom. The van der Waals surface area contributed by atoms with Crippen LogP contribution in [0.15, 0.2) is 36.7 Å². The minimum atomic E-state index is 0.228. The first kappa shape index (κ1) is 12.7. The Balaban J connectivity index is 2.20. The minimum absolute atomic E-state index is 0.228. The van der Waals surface area contributed by atoms with Gasteiger partial charge in [0, 0.05) is 24.6 Å². The standard InChI is InChI=1S/C15H18N2O/c1-2-12-10-16-15(17-11-12)14-7-3-5-13(9-14)6-4-8-18/h3,5,7,9-11,18H,2,4,6,8H2,1H3. The van der Waals surface area contributed by atoms with Crippen LogP contribution >= 0.6 is 0 Å². The van der Waals surface area contributed by atoms with Crippen LogP contribution in [0.2, 0.25) is 0 Å². The molecular weight excluding hydrogens is 224 g/mol. The van der Waals surface area contributed by atoms with Crippen LogP contribution in [0.5, 0.6) is 0 Å². The van der Waals surface area contributed by atoms with Crippen molar-refractivity contribution < 1.29 is 5.11 Å². The quantitative estimate of drug-likeness (QED) is 0.876. The summed E-state index contributed by atoms with van der Waals surface area (Å²) < 4.78 is 0. The van der Waals surface area contributed by atoms with Crippen molar-refractivity contribution in [3.63, 3.8) is 0 Å². The molecule has 2 rings (SSSR count). The zero-order valence-electron chi connectivity index (χ0n) is 10.6. The highest BCUT2D eigenvalue weighted by molar-refractivity contribution is 5.55. The summed E-state index contributed by atoms with van der Waals surface area (Å²) in [4.78, 5) is 8.76. The molecule has 0 aliphatic rings. The summed E-state index contributed by atoms with van der Waals surface area (Å²) in [6, 6.07) is 8.19. The fourth-order valence-corrected chi connectivity index (χ4v) is 1.84. The van der Waals surface area contributed by atoms with E-state index >= 15 is 0 Å². The molecule has 0 saturated carbocycles. The lowest BCUT2D eigenvalue weighted by Crippen LogP contribution is -1.93. The van der Waals surface area contributed by atoms with E-state index in [9.17, 15) is 0 Å². The summed E-state index contributed by atoms with van der Waals surface area (Å²) in [5.41, 5.74) is 3.40. The van der Waals surface area contributed by atoms with E-state index in [1.54, 1.807) is 0 Å². The Morgan fingerprint density at radius 1 is 1.11 bits per heavy atom. The van der Waals surface area contributed by atoms with Crippen molar-refractivity contribution in [2.24, 2.45) is 0 Å². The Hall–Kier alpha value is -1.74. The van der Waals surface area contributed by atoms with Crippen LogP contribution in [0, 0.1) is 0 Å². The van der Waals surface area contributed by atoms with Crippen LogP contribution in [-0.4, -0.2) is 21.7 Å². The van der Waals surface area contributed by atoms with Crippen molar-refractivity contribution in [3.05, 3.63) is 47.8 Å². The number of hydrogen-bond donors (Lipinski definition) is 1. The maximum Gasteiger partial charge on any atom is 0.159 e. The van der Waals surface area contributed by atoms with Crippen LogP contribution in [-0.2, 0) is 12.8 Å². The molecule has 0 aliphatic heterocycles. The third kappa shape index (κ3) is 3.14. The van der Waals surface area contributed by atoms with E-state index in [0.29, 0.717) is 0 Å². The number of rotatable bonds is 5. The molecule has 0 atom stereocenters. The maximum absolute atomic E-state index is 8.85. The van der Waals surface area contributed by atoms with Crippen LogP contribution in [0.25, 0.3) is 11.4 Å². The van der Waals surface area contributed by atoms with Crippen molar-refractivity contribution >= 4 is 0 Å². The summed E-state index contributed by atoms with van der Waals surface area (Å²) >= 11 is 0. The van der Waals surface area contributed by atoms with E-state index in [2.05, 4.69) is 29.0 Å². The van der Waals surface area contributed by atoms with Gasteiger partial charge in [-0.05, 0) is 36.5 Å². The number of nitrogens with zero attached hydrogens (tertiary/aromatic N) is 2. The largest absolute Gasteiger partial charge is 0.396 e. The lowest BCUT2D eigenvalue weighted by molar-refractivity contribution is 0.288. The SMILES string of the molecule is CCc1cnc(-c2cccc(CCCO)c2)nc1. The number of aliphatic hydroxyl groups is 1. The molecule has 0 spiro atoms. The number of aromatic nitrogens is 2. The van der Waals surface area contributed by atoms with Gasteiger partial charge in [-0.1, -0.05) is 25.1 Å². The van der Waals surface area contributed by atoms with E-state index in [1.807, 2.05) is 24.5 Å². The first-order valence-corrected chi connectivity index (χ1v) is 6.34. The molecule has 1 heterocycles. The fourth-order valence-electron chi connectivity index (χ4n) is 1.84. The van der Waals surface area contributed by atoms with Gasteiger partial charge in [-0.3, -0.25) is 0 Å². The molecule has 0 amide bonds. The van der Waals surface area contributed by atoms with Crippen LogP contribution in [0.4, 0.5) is 0 Å². The number of aryl methyl sites for hydroxylation is 2. The van der Waals surface area contributed by atoms with Gasteiger partial charge in [-0.15, -0.1) is 0 Å². The Bertz CT molecular complexity index is 494. The molecule has 0 fully saturated rings. The average Bonchev–Trinajstić information content (AvgIpc) is 2.45. The number of benzene rings is 1. The van der Waals surface area contributed by atoms with Gasteiger partial charge in [-0.25, -0.2) is 9.97 Å². The lowest BCUT2D eigenvalue weighted by atomic mass is 10.1. The van der Waals surface area contributed by atoms with E-state index in [4.69, 9.17) is 5.11 Å². The van der Waals surface area contributed by atoms with Gasteiger partial charge >= 0.3 is 0 Å². The molecule has 18 heavy (non-hydrogen) atoms. The topological polar surface area (TPSA) is 46.0 Å². The molecule has 0 bridgehead atoms. The van der Waals surface area contributed by atoms with Gasteiger partial charge in [0.2, 0.25) is 0 Å². The summed E-state index contributed by atoms with van der Waals surface area (Å²) in [5.74, 6) is 0.762. The average molecular weight is 242 g/mol. The minimum Gasteiger partial charge on any atom is -0.396 e. The fraction of sp³-hybridized carbons (Fsp3) is 0.333. The third-order valence-corrected chi connectivity index (χ3v) is 2.92. The summed E-state index contributed by atoms with van der Waals surface area (Å²) in [5, 5.41) is 8.85. The van der Waals surface area contributed by atoms with E-state index < -0.39 is 0 Å². The Kier molecular flexibility index (Phi) is 4.42. The monoisotopic (exact) mass is 242 g/mol. The van der Waals surface area contributed by atoms with Crippen molar-refractivity contribution in [2.45, 2.75) is 26.2 Å². The zero-order chi connectivity index (χ0) is 12.8. The first-order valence-electron chi connectivity index (χ1n) is 6.34. The molecule has 0 unspecified atom stereocenters. The second kappa shape index (κ2) is 6.26. The molecule has 3 heteroatoms. The smallest absolute Gasteiger partial charge is 0.159 e. The predicted molar refractivity (Wildman–Crippen MR) is 72.3 cm³/mol. The Morgan fingerprint density at radius 3 is 2.56 bits per heavy atom. The van der Waals surface area contributed by atoms with Gasteiger partial charge in [0.15, 0.2) is 5.82 Å². The van der Waals surface area contributed by atoms with Gasteiger partial charge in [-0.2, -0.15) is 0 Å². The summed E-state index contributed by atoms with van der Waals surface area (Å²) in [7, 11) is 0.